The summed E-state index contributed by atoms with van der Waals surface area (Å²) in [6.45, 7) is 0. The molecule has 0 aliphatic rings. The van der Waals surface area contributed by atoms with Crippen LogP contribution in [0.25, 0.3) is 0 Å². The summed E-state index contributed by atoms with van der Waals surface area (Å²) in [5.41, 5.74) is 0.830. The topological polar surface area (TPSA) is 65.8 Å². The second kappa shape index (κ2) is 7.07. The van der Waals surface area contributed by atoms with Gasteiger partial charge in [-0.05, 0) is 30.3 Å². The Balaban J connectivity index is 1.94. The van der Waals surface area contributed by atoms with Gasteiger partial charge in [-0.25, -0.2) is 9.37 Å². The fraction of sp³-hybridized carbons (Fsp3) is 0.0714. The lowest BCUT2D eigenvalue weighted by Gasteiger charge is -2.07. The Bertz CT molecular complexity index is 718. The average Bonchev–Trinajstić information content (AvgIpc) is 2.48. The first-order valence-corrected chi connectivity index (χ1v) is 7.18. The van der Waals surface area contributed by atoms with E-state index in [1.165, 1.54) is 30.1 Å². The number of aromatic nitrogens is 1. The third-order valence-electron chi connectivity index (χ3n) is 2.42. The van der Waals surface area contributed by atoms with Crippen LogP contribution in [0.3, 0.4) is 0 Å². The van der Waals surface area contributed by atoms with Crippen LogP contribution in [0.15, 0.2) is 41.6 Å². The summed E-state index contributed by atoms with van der Waals surface area (Å²) >= 11 is 7.02. The number of hydrogen-bond acceptors (Lipinski definition) is 4. The number of nitriles is 1. The van der Waals surface area contributed by atoms with Crippen molar-refractivity contribution in [3.05, 3.63) is 52.9 Å². The molecule has 0 fully saturated rings. The van der Waals surface area contributed by atoms with E-state index < -0.39 is 5.82 Å². The van der Waals surface area contributed by atoms with Gasteiger partial charge in [-0.2, -0.15) is 5.26 Å². The lowest BCUT2D eigenvalue weighted by molar-refractivity contribution is -0.113. The van der Waals surface area contributed by atoms with Crippen LogP contribution in [-0.2, 0) is 4.79 Å². The van der Waals surface area contributed by atoms with Crippen molar-refractivity contribution in [3.63, 3.8) is 0 Å². The SMILES string of the molecule is N#Cc1ccnc(SCC(=O)Nc2ccc(F)cc2Cl)c1. The molecular formula is C14H9ClFN3OS. The van der Waals surface area contributed by atoms with E-state index in [9.17, 15) is 9.18 Å². The van der Waals surface area contributed by atoms with Gasteiger partial charge in [0, 0.05) is 6.20 Å². The first kappa shape index (κ1) is 15.3. The van der Waals surface area contributed by atoms with Crippen molar-refractivity contribution in [2.75, 3.05) is 11.1 Å². The number of nitrogens with one attached hydrogen (secondary N) is 1. The van der Waals surface area contributed by atoms with Gasteiger partial charge in [0.15, 0.2) is 0 Å². The third-order valence-corrected chi connectivity index (χ3v) is 3.66. The number of rotatable bonds is 4. The monoisotopic (exact) mass is 321 g/mol. The number of carbonyl (C=O) groups excluding carboxylic acids is 1. The summed E-state index contributed by atoms with van der Waals surface area (Å²) in [5.74, 6) is -0.655. The van der Waals surface area contributed by atoms with E-state index in [0.29, 0.717) is 16.3 Å². The molecule has 0 saturated heterocycles. The quantitative estimate of drug-likeness (QED) is 0.876. The average molecular weight is 322 g/mol. The van der Waals surface area contributed by atoms with Crippen molar-refractivity contribution in [1.82, 2.24) is 4.98 Å². The van der Waals surface area contributed by atoms with E-state index in [2.05, 4.69) is 10.3 Å². The lowest BCUT2D eigenvalue weighted by atomic mass is 10.3. The number of halogens is 2. The van der Waals surface area contributed by atoms with Gasteiger partial charge in [-0.1, -0.05) is 23.4 Å². The van der Waals surface area contributed by atoms with Crippen LogP contribution >= 0.6 is 23.4 Å². The predicted octanol–water partition coefficient (Wildman–Crippen LogP) is 3.48. The summed E-state index contributed by atoms with van der Waals surface area (Å²) in [4.78, 5) is 15.9. The molecule has 4 nitrogen and oxygen atoms in total. The van der Waals surface area contributed by atoms with Crippen LogP contribution in [-0.4, -0.2) is 16.6 Å². The molecule has 0 atom stereocenters. The van der Waals surface area contributed by atoms with E-state index in [1.807, 2.05) is 6.07 Å². The molecule has 7 heteroatoms. The van der Waals surface area contributed by atoms with Crippen molar-refractivity contribution < 1.29 is 9.18 Å². The summed E-state index contributed by atoms with van der Waals surface area (Å²) in [5, 5.41) is 12.1. The molecule has 0 aliphatic carbocycles. The second-order valence-corrected chi connectivity index (χ2v) is 5.36. The molecule has 1 N–H and O–H groups in total. The zero-order valence-electron chi connectivity index (χ0n) is 10.6. The fourth-order valence-electron chi connectivity index (χ4n) is 1.47. The summed E-state index contributed by atoms with van der Waals surface area (Å²) in [6.07, 6.45) is 1.51. The molecule has 21 heavy (non-hydrogen) atoms. The smallest absolute Gasteiger partial charge is 0.234 e. The highest BCUT2D eigenvalue weighted by atomic mass is 35.5. The van der Waals surface area contributed by atoms with E-state index in [-0.39, 0.29) is 16.7 Å². The number of amides is 1. The van der Waals surface area contributed by atoms with E-state index in [0.717, 1.165) is 6.07 Å². The van der Waals surface area contributed by atoms with E-state index in [4.69, 9.17) is 16.9 Å². The Morgan fingerprint density at radius 3 is 2.95 bits per heavy atom. The zero-order valence-corrected chi connectivity index (χ0v) is 12.2. The van der Waals surface area contributed by atoms with Crippen molar-refractivity contribution >= 4 is 35.0 Å². The highest BCUT2D eigenvalue weighted by Gasteiger charge is 2.08. The molecule has 0 unspecified atom stereocenters. The van der Waals surface area contributed by atoms with Crippen molar-refractivity contribution in [1.29, 1.82) is 5.26 Å². The third kappa shape index (κ3) is 4.45. The van der Waals surface area contributed by atoms with Crippen LogP contribution in [0.1, 0.15) is 5.56 Å². The van der Waals surface area contributed by atoms with Gasteiger partial charge >= 0.3 is 0 Å². The van der Waals surface area contributed by atoms with Crippen LogP contribution in [0.2, 0.25) is 5.02 Å². The van der Waals surface area contributed by atoms with E-state index >= 15 is 0 Å². The maximum absolute atomic E-state index is 12.9. The van der Waals surface area contributed by atoms with Gasteiger partial charge in [0.2, 0.25) is 5.91 Å². The highest BCUT2D eigenvalue weighted by Crippen LogP contribution is 2.23. The summed E-state index contributed by atoms with van der Waals surface area (Å²) in [7, 11) is 0. The molecular weight excluding hydrogens is 313 g/mol. The standard InChI is InChI=1S/C14H9ClFN3OS/c15-11-6-10(16)1-2-12(11)19-13(20)8-21-14-5-9(7-17)3-4-18-14/h1-6H,8H2,(H,19,20). The zero-order chi connectivity index (χ0) is 15.2. The van der Waals surface area contributed by atoms with Crippen molar-refractivity contribution in [3.8, 4) is 6.07 Å². The van der Waals surface area contributed by atoms with E-state index in [1.54, 1.807) is 12.1 Å². The van der Waals surface area contributed by atoms with Crippen LogP contribution in [0, 0.1) is 17.1 Å². The molecule has 0 saturated carbocycles. The molecule has 1 aromatic carbocycles. The lowest BCUT2D eigenvalue weighted by Crippen LogP contribution is -2.14. The Kier molecular flexibility index (Phi) is 5.14. The van der Waals surface area contributed by atoms with Crippen LogP contribution in [0.4, 0.5) is 10.1 Å². The van der Waals surface area contributed by atoms with Gasteiger partial charge in [-0.15, -0.1) is 0 Å². The number of thioether (sulfide) groups is 1. The number of carbonyl (C=O) groups is 1. The predicted molar refractivity (Wildman–Crippen MR) is 79.7 cm³/mol. The van der Waals surface area contributed by atoms with Crippen molar-refractivity contribution in [2.24, 2.45) is 0 Å². The molecule has 1 heterocycles. The normalized spacial score (nSPS) is 9.95. The molecule has 2 rings (SSSR count). The summed E-state index contributed by atoms with van der Waals surface area (Å²) < 4.78 is 12.9. The van der Waals surface area contributed by atoms with Gasteiger partial charge < -0.3 is 5.32 Å². The minimum absolute atomic E-state index is 0.107. The Labute approximate surface area is 129 Å². The maximum atomic E-state index is 12.9. The van der Waals surface area contributed by atoms with Gasteiger partial charge in [0.25, 0.3) is 0 Å². The molecule has 1 aromatic heterocycles. The Morgan fingerprint density at radius 2 is 2.24 bits per heavy atom. The van der Waals surface area contributed by atoms with Crippen LogP contribution < -0.4 is 5.32 Å². The number of nitrogens with zero attached hydrogens (tertiary/aromatic N) is 2. The van der Waals surface area contributed by atoms with Crippen molar-refractivity contribution in [2.45, 2.75) is 5.03 Å². The maximum Gasteiger partial charge on any atom is 0.234 e. The number of anilines is 1. The highest BCUT2D eigenvalue weighted by molar-refractivity contribution is 7.99. The van der Waals surface area contributed by atoms with Crippen LogP contribution in [0.5, 0.6) is 0 Å². The fourth-order valence-corrected chi connectivity index (χ4v) is 2.39. The summed E-state index contributed by atoms with van der Waals surface area (Å²) in [6, 6.07) is 8.93. The molecule has 2 aromatic rings. The molecule has 1 amide bonds. The molecule has 0 aliphatic heterocycles. The molecule has 0 bridgehead atoms. The minimum atomic E-state index is -0.468. The Morgan fingerprint density at radius 1 is 1.43 bits per heavy atom. The first-order valence-electron chi connectivity index (χ1n) is 5.82. The first-order chi connectivity index (χ1) is 10.1. The largest absolute Gasteiger partial charge is 0.324 e. The van der Waals surface area contributed by atoms with Gasteiger partial charge in [0.1, 0.15) is 5.82 Å². The minimum Gasteiger partial charge on any atom is -0.324 e. The Hall–Kier alpha value is -2.10. The van der Waals surface area contributed by atoms with Gasteiger partial charge in [0.05, 0.1) is 33.1 Å². The molecule has 0 spiro atoms. The van der Waals surface area contributed by atoms with Gasteiger partial charge in [-0.3, -0.25) is 4.79 Å². The molecule has 0 radical (unpaired) electrons. The molecule has 106 valence electrons. The number of pyridine rings is 1. The second-order valence-electron chi connectivity index (χ2n) is 3.96. The number of hydrogen-bond donors (Lipinski definition) is 1. The number of benzene rings is 1.